The molecule has 30 heavy (non-hydrogen) atoms. The molecule has 4 aromatic rings. The fourth-order valence-electron chi connectivity index (χ4n) is 4.13. The number of imide groups is 1. The van der Waals surface area contributed by atoms with E-state index in [1.165, 1.54) is 4.90 Å². The van der Waals surface area contributed by atoms with E-state index in [9.17, 15) is 9.59 Å². The van der Waals surface area contributed by atoms with Gasteiger partial charge in [-0.1, -0.05) is 12.1 Å². The van der Waals surface area contributed by atoms with Gasteiger partial charge in [0.25, 0.3) is 5.91 Å². The Labute approximate surface area is 172 Å². The lowest BCUT2D eigenvalue weighted by Crippen LogP contribution is -2.45. The summed E-state index contributed by atoms with van der Waals surface area (Å²) in [5.74, 6) is 0.348. The summed E-state index contributed by atoms with van der Waals surface area (Å²) in [4.78, 5) is 36.5. The number of fused-ring (bicyclic) bond motifs is 3. The van der Waals surface area contributed by atoms with E-state index < -0.39 is 6.04 Å². The van der Waals surface area contributed by atoms with Crippen molar-refractivity contribution in [2.24, 2.45) is 0 Å². The van der Waals surface area contributed by atoms with Gasteiger partial charge in [-0.15, -0.1) is 0 Å². The van der Waals surface area contributed by atoms with Crippen molar-refractivity contribution in [2.45, 2.75) is 25.4 Å². The molecule has 3 aromatic heterocycles. The number of benzene rings is 1. The number of amides is 2. The Morgan fingerprint density at radius 1 is 0.967 bits per heavy atom. The van der Waals surface area contributed by atoms with E-state index in [0.717, 1.165) is 22.1 Å². The summed E-state index contributed by atoms with van der Waals surface area (Å²) in [6.45, 7) is 0.232. The fraction of sp³-hybridized carbons (Fsp3) is 0.217. The molecule has 1 aliphatic heterocycles. The van der Waals surface area contributed by atoms with Crippen molar-refractivity contribution in [3.8, 4) is 5.75 Å². The minimum Gasteiger partial charge on any atom is -0.497 e. The molecule has 1 unspecified atom stereocenters. The third-order valence-corrected chi connectivity index (χ3v) is 5.62. The van der Waals surface area contributed by atoms with Crippen molar-refractivity contribution in [1.29, 1.82) is 0 Å². The second kappa shape index (κ2) is 7.26. The van der Waals surface area contributed by atoms with Crippen molar-refractivity contribution in [3.63, 3.8) is 0 Å². The van der Waals surface area contributed by atoms with E-state index in [1.54, 1.807) is 19.5 Å². The van der Waals surface area contributed by atoms with Crippen LogP contribution in [0.5, 0.6) is 5.75 Å². The van der Waals surface area contributed by atoms with Crippen molar-refractivity contribution in [3.05, 3.63) is 66.5 Å². The number of piperidine rings is 1. The Morgan fingerprint density at radius 3 is 2.20 bits per heavy atom. The molecule has 150 valence electrons. The Balaban J connectivity index is 1.55. The topological polar surface area (TPSA) is 77.3 Å². The zero-order valence-corrected chi connectivity index (χ0v) is 16.5. The molecular formula is C23H20N4O3. The molecule has 7 nitrogen and oxygen atoms in total. The first-order valence-electron chi connectivity index (χ1n) is 9.84. The molecule has 1 fully saturated rings. The number of likely N-dealkylation sites (tertiary alicyclic amines) is 1. The highest BCUT2D eigenvalue weighted by molar-refractivity contribution is 6.07. The highest BCUT2D eigenvalue weighted by Crippen LogP contribution is 2.34. The second-order valence-corrected chi connectivity index (χ2v) is 7.34. The van der Waals surface area contributed by atoms with Gasteiger partial charge in [0.2, 0.25) is 5.91 Å². The maximum atomic E-state index is 13.5. The summed E-state index contributed by atoms with van der Waals surface area (Å²) in [5.41, 5.74) is 2.29. The van der Waals surface area contributed by atoms with Crippen LogP contribution < -0.4 is 4.74 Å². The molecule has 1 atom stereocenters. The van der Waals surface area contributed by atoms with Crippen LogP contribution in [-0.2, 0) is 16.1 Å². The molecule has 0 spiro atoms. The smallest absolute Gasteiger partial charge is 0.252 e. The zero-order chi connectivity index (χ0) is 20.7. The largest absolute Gasteiger partial charge is 0.497 e. The predicted octanol–water partition coefficient (Wildman–Crippen LogP) is 3.48. The van der Waals surface area contributed by atoms with Gasteiger partial charge < -0.3 is 4.74 Å². The van der Waals surface area contributed by atoms with Crippen molar-refractivity contribution < 1.29 is 14.3 Å². The number of carbonyl (C=O) groups is 2. The molecule has 0 saturated carbocycles. The monoisotopic (exact) mass is 400 g/mol. The van der Waals surface area contributed by atoms with Crippen LogP contribution in [0.4, 0.5) is 0 Å². The van der Waals surface area contributed by atoms with Gasteiger partial charge in [0.15, 0.2) is 0 Å². The maximum absolute atomic E-state index is 13.5. The van der Waals surface area contributed by atoms with E-state index in [1.807, 2.05) is 53.1 Å². The minimum absolute atomic E-state index is 0.159. The number of carbonyl (C=O) groups excluding carboxylic acids is 2. The van der Waals surface area contributed by atoms with Crippen LogP contribution >= 0.6 is 0 Å². The van der Waals surface area contributed by atoms with Crippen LogP contribution in [0.1, 0.15) is 24.4 Å². The van der Waals surface area contributed by atoms with E-state index >= 15 is 0 Å². The normalized spacial score (nSPS) is 17.1. The number of aromatic nitrogens is 3. The van der Waals surface area contributed by atoms with Gasteiger partial charge in [0.1, 0.15) is 23.1 Å². The summed E-state index contributed by atoms with van der Waals surface area (Å²) in [7, 11) is 1.60. The molecule has 1 saturated heterocycles. The molecule has 0 N–H and O–H groups in total. The van der Waals surface area contributed by atoms with E-state index in [4.69, 9.17) is 4.74 Å². The van der Waals surface area contributed by atoms with Crippen molar-refractivity contribution in [1.82, 2.24) is 19.4 Å². The Hall–Kier alpha value is -3.74. The number of nitrogens with zero attached hydrogens (tertiary/aromatic N) is 4. The van der Waals surface area contributed by atoms with E-state index in [0.29, 0.717) is 24.1 Å². The molecule has 0 radical (unpaired) electrons. The van der Waals surface area contributed by atoms with Crippen LogP contribution in [0.15, 0.2) is 60.9 Å². The van der Waals surface area contributed by atoms with Gasteiger partial charge in [0.05, 0.1) is 13.7 Å². The molecule has 1 aliphatic rings. The summed E-state index contributed by atoms with van der Waals surface area (Å²) in [5, 5.41) is 1.90. The van der Waals surface area contributed by atoms with Gasteiger partial charge in [-0.3, -0.25) is 19.1 Å². The number of hydrogen-bond donors (Lipinski definition) is 0. The number of methoxy groups -OCH3 is 1. The van der Waals surface area contributed by atoms with Crippen molar-refractivity contribution >= 4 is 33.9 Å². The number of ether oxygens (including phenoxy) is 1. The second-order valence-electron chi connectivity index (χ2n) is 7.34. The van der Waals surface area contributed by atoms with Crippen molar-refractivity contribution in [2.75, 3.05) is 7.11 Å². The van der Waals surface area contributed by atoms with Crippen LogP contribution in [0.3, 0.4) is 0 Å². The maximum Gasteiger partial charge on any atom is 0.252 e. The first kappa shape index (κ1) is 18.3. The van der Waals surface area contributed by atoms with Crippen LogP contribution in [0.25, 0.3) is 22.1 Å². The summed E-state index contributed by atoms with van der Waals surface area (Å²) >= 11 is 0. The highest BCUT2D eigenvalue weighted by atomic mass is 16.5. The molecule has 5 rings (SSSR count). The summed E-state index contributed by atoms with van der Waals surface area (Å²) < 4.78 is 7.07. The van der Waals surface area contributed by atoms with Gasteiger partial charge in [-0.05, 0) is 48.4 Å². The lowest BCUT2D eigenvalue weighted by Gasteiger charge is -2.31. The number of hydrogen-bond acceptors (Lipinski definition) is 5. The molecule has 4 heterocycles. The van der Waals surface area contributed by atoms with Crippen LogP contribution in [-0.4, -0.2) is 38.4 Å². The predicted molar refractivity (Wildman–Crippen MR) is 112 cm³/mol. The van der Waals surface area contributed by atoms with E-state index in [2.05, 4.69) is 9.97 Å². The standard InChI is InChI=1S/C23H20N4O3/c1-30-16-8-6-15(7-9-16)14-26-20(28)11-10-19(23(26)29)27-21-17(4-2-12-24-21)18-5-3-13-25-22(18)27/h2-9,12-13,19H,10-11,14H2,1H3. The summed E-state index contributed by atoms with van der Waals surface area (Å²) in [6, 6.07) is 14.6. The van der Waals surface area contributed by atoms with Gasteiger partial charge in [0, 0.05) is 29.6 Å². The zero-order valence-electron chi connectivity index (χ0n) is 16.5. The lowest BCUT2D eigenvalue weighted by atomic mass is 10.0. The van der Waals surface area contributed by atoms with E-state index in [-0.39, 0.29) is 18.4 Å². The Morgan fingerprint density at radius 2 is 1.60 bits per heavy atom. The van der Waals surface area contributed by atoms with Gasteiger partial charge in [-0.2, -0.15) is 0 Å². The fourth-order valence-corrected chi connectivity index (χ4v) is 4.13. The first-order chi connectivity index (χ1) is 14.7. The molecule has 1 aromatic carbocycles. The Bertz CT molecular complexity index is 1210. The average molecular weight is 400 g/mol. The molecule has 2 amide bonds. The third-order valence-electron chi connectivity index (χ3n) is 5.62. The average Bonchev–Trinajstić information content (AvgIpc) is 3.12. The van der Waals surface area contributed by atoms with Gasteiger partial charge in [-0.25, -0.2) is 9.97 Å². The quantitative estimate of drug-likeness (QED) is 0.490. The summed E-state index contributed by atoms with van der Waals surface area (Å²) in [6.07, 6.45) is 4.16. The third kappa shape index (κ3) is 2.90. The molecule has 7 heteroatoms. The first-order valence-corrected chi connectivity index (χ1v) is 9.84. The van der Waals surface area contributed by atoms with Crippen LogP contribution in [0, 0.1) is 0 Å². The molecular weight excluding hydrogens is 380 g/mol. The highest BCUT2D eigenvalue weighted by Gasteiger charge is 2.37. The van der Waals surface area contributed by atoms with Gasteiger partial charge >= 0.3 is 0 Å². The Kier molecular flexibility index (Phi) is 4.43. The van der Waals surface area contributed by atoms with Crippen LogP contribution in [0.2, 0.25) is 0 Å². The molecule has 0 bridgehead atoms. The molecule has 0 aliphatic carbocycles. The lowest BCUT2D eigenvalue weighted by molar-refractivity contribution is -0.151. The SMILES string of the molecule is COc1ccc(CN2C(=O)CCC(n3c4ncccc4c4cccnc43)C2=O)cc1. The number of rotatable bonds is 4. The minimum atomic E-state index is -0.522. The number of pyridine rings is 2.